The van der Waals surface area contributed by atoms with Gasteiger partial charge in [-0.15, -0.1) is 11.3 Å². The minimum absolute atomic E-state index is 0.222. The van der Waals surface area contributed by atoms with E-state index in [1.54, 1.807) is 11.4 Å². The van der Waals surface area contributed by atoms with Gasteiger partial charge >= 0.3 is 5.97 Å². The second kappa shape index (κ2) is 4.23. The predicted octanol–water partition coefficient (Wildman–Crippen LogP) is 3.91. The molecule has 0 bridgehead atoms. The molecule has 0 saturated carbocycles. The molecule has 2 nitrogen and oxygen atoms in total. The highest BCUT2D eigenvalue weighted by Gasteiger charge is 2.17. The van der Waals surface area contributed by atoms with Gasteiger partial charge in [0.1, 0.15) is 5.82 Å². The first kappa shape index (κ1) is 11.1. The molecule has 0 aliphatic carbocycles. The van der Waals surface area contributed by atoms with Gasteiger partial charge in [0, 0.05) is 5.56 Å². The summed E-state index contributed by atoms with van der Waals surface area (Å²) in [6.07, 6.45) is 0. The Labute approximate surface area is 99.9 Å². The highest BCUT2D eigenvalue weighted by Crippen LogP contribution is 2.35. The van der Waals surface area contributed by atoms with E-state index in [1.165, 1.54) is 29.5 Å². The molecular weight excluding hydrogens is 251 g/mol. The highest BCUT2D eigenvalue weighted by molar-refractivity contribution is 7.14. The molecule has 1 aromatic heterocycles. The topological polar surface area (TPSA) is 37.3 Å². The summed E-state index contributed by atoms with van der Waals surface area (Å²) in [6, 6.07) is 5.88. The first-order chi connectivity index (χ1) is 7.61. The van der Waals surface area contributed by atoms with Crippen molar-refractivity contribution in [1.82, 2.24) is 0 Å². The monoisotopic (exact) mass is 256 g/mol. The van der Waals surface area contributed by atoms with Crippen LogP contribution in [0.1, 0.15) is 10.4 Å². The zero-order valence-electron chi connectivity index (χ0n) is 7.91. The molecule has 2 rings (SSSR count). The van der Waals surface area contributed by atoms with Gasteiger partial charge in [-0.1, -0.05) is 23.7 Å². The van der Waals surface area contributed by atoms with Crippen LogP contribution in [0.25, 0.3) is 10.4 Å². The molecule has 0 amide bonds. The van der Waals surface area contributed by atoms with Gasteiger partial charge < -0.3 is 5.11 Å². The van der Waals surface area contributed by atoms with E-state index in [0.29, 0.717) is 9.90 Å². The second-order valence-electron chi connectivity index (χ2n) is 3.07. The predicted molar refractivity (Wildman–Crippen MR) is 61.7 cm³/mol. The van der Waals surface area contributed by atoms with Crippen molar-refractivity contribution in [3.63, 3.8) is 0 Å². The molecule has 82 valence electrons. The number of hydrogen-bond acceptors (Lipinski definition) is 2. The van der Waals surface area contributed by atoms with Gasteiger partial charge in [-0.3, -0.25) is 0 Å². The largest absolute Gasteiger partial charge is 0.478 e. The number of carboxylic acid groups (broad SMARTS) is 1. The lowest BCUT2D eigenvalue weighted by Gasteiger charge is -2.03. The number of thiophene rings is 1. The molecule has 1 N–H and O–H groups in total. The Hall–Kier alpha value is -1.39. The van der Waals surface area contributed by atoms with Crippen LogP contribution in [-0.4, -0.2) is 11.1 Å². The Bertz CT molecular complexity index is 551. The summed E-state index contributed by atoms with van der Waals surface area (Å²) < 4.78 is 13.8. The lowest BCUT2D eigenvalue weighted by molar-refractivity contribution is 0.0692. The van der Waals surface area contributed by atoms with E-state index in [-0.39, 0.29) is 11.1 Å². The molecule has 0 unspecified atom stereocenters. The SMILES string of the molecule is O=C(O)c1cccc(-c2sccc2Cl)c1F. The van der Waals surface area contributed by atoms with E-state index in [2.05, 4.69) is 0 Å². The van der Waals surface area contributed by atoms with Crippen LogP contribution in [0.4, 0.5) is 4.39 Å². The van der Waals surface area contributed by atoms with Crippen LogP contribution in [0.5, 0.6) is 0 Å². The van der Waals surface area contributed by atoms with Crippen LogP contribution in [0.2, 0.25) is 5.02 Å². The summed E-state index contributed by atoms with van der Waals surface area (Å²) in [5, 5.41) is 10.9. The smallest absolute Gasteiger partial charge is 0.338 e. The van der Waals surface area contributed by atoms with Gasteiger partial charge in [0.25, 0.3) is 0 Å². The summed E-state index contributed by atoms with van der Waals surface area (Å²) in [4.78, 5) is 11.3. The molecule has 0 spiro atoms. The average molecular weight is 257 g/mol. The van der Waals surface area contributed by atoms with Crippen molar-refractivity contribution in [2.45, 2.75) is 0 Å². The van der Waals surface area contributed by atoms with Gasteiger partial charge in [0.05, 0.1) is 15.5 Å². The fourth-order valence-electron chi connectivity index (χ4n) is 1.36. The summed E-state index contributed by atoms with van der Waals surface area (Å²) in [7, 11) is 0. The molecule has 1 heterocycles. The number of carboxylic acids is 1. The van der Waals surface area contributed by atoms with Crippen molar-refractivity contribution in [1.29, 1.82) is 0 Å². The Kier molecular flexibility index (Phi) is 2.94. The Morgan fingerprint density at radius 2 is 2.12 bits per heavy atom. The minimum atomic E-state index is -1.29. The second-order valence-corrected chi connectivity index (χ2v) is 4.39. The minimum Gasteiger partial charge on any atom is -0.478 e. The standard InChI is InChI=1S/C11H6ClFO2S/c12-8-4-5-16-10(8)6-2-1-3-7(9(6)13)11(14)15/h1-5H,(H,14,15). The first-order valence-electron chi connectivity index (χ1n) is 4.36. The van der Waals surface area contributed by atoms with Crippen molar-refractivity contribution in [3.05, 3.63) is 46.0 Å². The van der Waals surface area contributed by atoms with Crippen molar-refractivity contribution >= 4 is 28.9 Å². The van der Waals surface area contributed by atoms with Gasteiger partial charge in [-0.05, 0) is 17.5 Å². The van der Waals surface area contributed by atoms with Gasteiger partial charge in [0.15, 0.2) is 0 Å². The zero-order chi connectivity index (χ0) is 11.7. The number of aromatic carboxylic acids is 1. The molecule has 1 aromatic carbocycles. The fourth-order valence-corrected chi connectivity index (χ4v) is 2.54. The summed E-state index contributed by atoms with van der Waals surface area (Å²) in [5.74, 6) is -2.04. The lowest BCUT2D eigenvalue weighted by Crippen LogP contribution is -2.01. The van der Waals surface area contributed by atoms with Crippen molar-refractivity contribution < 1.29 is 14.3 Å². The average Bonchev–Trinajstić information content (AvgIpc) is 2.64. The normalized spacial score (nSPS) is 10.4. The van der Waals surface area contributed by atoms with E-state index in [4.69, 9.17) is 16.7 Å². The number of carbonyl (C=O) groups is 1. The maximum absolute atomic E-state index is 13.8. The molecule has 0 radical (unpaired) electrons. The summed E-state index contributed by atoms with van der Waals surface area (Å²) in [6.45, 7) is 0. The van der Waals surface area contributed by atoms with Crippen LogP contribution in [-0.2, 0) is 0 Å². The molecular formula is C11H6ClFO2S. The molecule has 0 fully saturated rings. The Morgan fingerprint density at radius 1 is 1.38 bits per heavy atom. The van der Waals surface area contributed by atoms with Crippen molar-refractivity contribution in [2.75, 3.05) is 0 Å². The van der Waals surface area contributed by atoms with E-state index in [1.807, 2.05) is 0 Å². The third-order valence-corrected chi connectivity index (χ3v) is 3.47. The van der Waals surface area contributed by atoms with Crippen LogP contribution in [0.15, 0.2) is 29.6 Å². The lowest BCUT2D eigenvalue weighted by atomic mass is 10.1. The quantitative estimate of drug-likeness (QED) is 0.885. The van der Waals surface area contributed by atoms with Crippen molar-refractivity contribution in [3.8, 4) is 10.4 Å². The maximum Gasteiger partial charge on any atom is 0.338 e. The molecule has 0 saturated heterocycles. The zero-order valence-corrected chi connectivity index (χ0v) is 9.48. The molecule has 2 aromatic rings. The third-order valence-electron chi connectivity index (χ3n) is 2.09. The van der Waals surface area contributed by atoms with E-state index in [9.17, 15) is 9.18 Å². The van der Waals surface area contributed by atoms with E-state index < -0.39 is 11.8 Å². The van der Waals surface area contributed by atoms with Gasteiger partial charge in [-0.2, -0.15) is 0 Å². The molecule has 0 aliphatic rings. The van der Waals surface area contributed by atoms with Gasteiger partial charge in [-0.25, -0.2) is 9.18 Å². The Balaban J connectivity index is 2.63. The van der Waals surface area contributed by atoms with Crippen LogP contribution in [0.3, 0.4) is 0 Å². The first-order valence-corrected chi connectivity index (χ1v) is 5.62. The maximum atomic E-state index is 13.8. The van der Waals surface area contributed by atoms with Crippen LogP contribution >= 0.6 is 22.9 Å². The number of benzene rings is 1. The van der Waals surface area contributed by atoms with Gasteiger partial charge in [0.2, 0.25) is 0 Å². The Morgan fingerprint density at radius 3 is 2.69 bits per heavy atom. The molecule has 16 heavy (non-hydrogen) atoms. The fraction of sp³-hybridized carbons (Fsp3) is 0. The number of halogens is 2. The van der Waals surface area contributed by atoms with Crippen molar-refractivity contribution in [2.24, 2.45) is 0 Å². The number of rotatable bonds is 2. The van der Waals surface area contributed by atoms with Crippen LogP contribution < -0.4 is 0 Å². The summed E-state index contributed by atoms with van der Waals surface area (Å²) in [5.41, 5.74) is -0.123. The molecule has 0 atom stereocenters. The molecule has 0 aliphatic heterocycles. The number of hydrogen-bond donors (Lipinski definition) is 1. The van der Waals surface area contributed by atoms with E-state index >= 15 is 0 Å². The highest BCUT2D eigenvalue weighted by atomic mass is 35.5. The van der Waals surface area contributed by atoms with Crippen LogP contribution in [0, 0.1) is 5.82 Å². The van der Waals surface area contributed by atoms with E-state index in [0.717, 1.165) is 0 Å². The molecule has 5 heteroatoms. The summed E-state index contributed by atoms with van der Waals surface area (Å²) >= 11 is 7.15. The third kappa shape index (κ3) is 1.81.